The van der Waals surface area contributed by atoms with Crippen molar-refractivity contribution in [1.82, 2.24) is 14.9 Å². The van der Waals surface area contributed by atoms with Gasteiger partial charge in [-0.25, -0.2) is 9.37 Å². The summed E-state index contributed by atoms with van der Waals surface area (Å²) in [7, 11) is 3.07. The lowest BCUT2D eigenvalue weighted by Crippen LogP contribution is -2.21. The first-order valence-electron chi connectivity index (χ1n) is 9.76. The number of nitrogens with two attached hydrogens (primary N) is 1. The first-order valence-corrected chi connectivity index (χ1v) is 10.1. The summed E-state index contributed by atoms with van der Waals surface area (Å²) in [5, 5.41) is 2.91. The van der Waals surface area contributed by atoms with Crippen molar-refractivity contribution in [3.63, 3.8) is 0 Å². The Kier molecular flexibility index (Phi) is 5.77. The Bertz CT molecular complexity index is 1290. The van der Waals surface area contributed by atoms with E-state index in [2.05, 4.69) is 15.3 Å². The zero-order chi connectivity index (χ0) is 23.9. The number of benzene rings is 2. The number of hydrogen-bond acceptors (Lipinski definition) is 7. The molecule has 2 aromatic carbocycles. The molecule has 11 heteroatoms. The van der Waals surface area contributed by atoms with Crippen LogP contribution in [0.2, 0.25) is 5.02 Å². The van der Waals surface area contributed by atoms with Crippen molar-refractivity contribution in [2.45, 2.75) is 13.0 Å². The molecule has 9 nitrogen and oxygen atoms in total. The van der Waals surface area contributed by atoms with Gasteiger partial charge in [-0.1, -0.05) is 23.7 Å². The van der Waals surface area contributed by atoms with E-state index in [1.165, 1.54) is 19.4 Å². The number of aromatic nitrogens is 2. The minimum Gasteiger partial charge on any atom is -0.495 e. The third-order valence-corrected chi connectivity index (χ3v) is 5.60. The normalized spacial score (nSPS) is 14.8. The Labute approximate surface area is 193 Å². The summed E-state index contributed by atoms with van der Waals surface area (Å²) in [4.78, 5) is 34.0. The van der Waals surface area contributed by atoms with Gasteiger partial charge in [0.25, 0.3) is 11.8 Å². The summed E-state index contributed by atoms with van der Waals surface area (Å²) in [5.41, 5.74) is 6.28. The number of methoxy groups -OCH3 is 1. The average Bonchev–Trinajstić information content (AvgIpc) is 3.00. The lowest BCUT2D eigenvalue weighted by Gasteiger charge is -2.14. The van der Waals surface area contributed by atoms with Crippen LogP contribution in [-0.2, 0) is 0 Å². The fourth-order valence-electron chi connectivity index (χ4n) is 3.49. The number of fused-ring (bicyclic) bond motifs is 1. The first kappa shape index (κ1) is 22.3. The molecule has 2 heterocycles. The fourth-order valence-corrected chi connectivity index (χ4v) is 3.62. The summed E-state index contributed by atoms with van der Waals surface area (Å²) in [5.74, 6) is -1.49. The van der Waals surface area contributed by atoms with Crippen LogP contribution in [0.3, 0.4) is 0 Å². The van der Waals surface area contributed by atoms with Crippen molar-refractivity contribution in [3.8, 4) is 17.4 Å². The predicted molar refractivity (Wildman–Crippen MR) is 119 cm³/mol. The molecule has 0 saturated carbocycles. The third kappa shape index (κ3) is 4.00. The van der Waals surface area contributed by atoms with E-state index in [0.29, 0.717) is 11.3 Å². The zero-order valence-electron chi connectivity index (χ0n) is 17.8. The van der Waals surface area contributed by atoms with Gasteiger partial charge in [-0.2, -0.15) is 4.98 Å². The van der Waals surface area contributed by atoms with Crippen LogP contribution in [0.25, 0.3) is 0 Å². The maximum Gasteiger partial charge on any atom is 0.258 e. The Balaban J connectivity index is 1.67. The Morgan fingerprint density at radius 3 is 2.76 bits per heavy atom. The summed E-state index contributed by atoms with van der Waals surface area (Å²) in [6.45, 7) is 1.92. The van der Waals surface area contributed by atoms with Crippen LogP contribution < -0.4 is 20.5 Å². The van der Waals surface area contributed by atoms with Gasteiger partial charge >= 0.3 is 0 Å². The molecular weight excluding hydrogens is 453 g/mol. The lowest BCUT2D eigenvalue weighted by molar-refractivity contribution is 0.0782. The molecule has 0 radical (unpaired) electrons. The van der Waals surface area contributed by atoms with Crippen molar-refractivity contribution >= 4 is 35.1 Å². The van der Waals surface area contributed by atoms with E-state index >= 15 is 0 Å². The number of anilines is 2. The second-order valence-corrected chi connectivity index (χ2v) is 7.69. The highest BCUT2D eigenvalue weighted by Gasteiger charge is 2.34. The number of rotatable bonds is 6. The van der Waals surface area contributed by atoms with Crippen LogP contribution in [0, 0.1) is 5.82 Å². The lowest BCUT2D eigenvalue weighted by atomic mass is 10.1. The molecule has 0 saturated heterocycles. The molecule has 2 amide bonds. The van der Waals surface area contributed by atoms with Gasteiger partial charge in [0.05, 0.1) is 36.2 Å². The number of primary amides is 1. The molecule has 0 spiro atoms. The molecule has 3 aromatic rings. The van der Waals surface area contributed by atoms with Crippen molar-refractivity contribution in [1.29, 1.82) is 0 Å². The molecule has 3 N–H and O–H groups in total. The molecule has 33 heavy (non-hydrogen) atoms. The van der Waals surface area contributed by atoms with E-state index in [4.69, 9.17) is 26.8 Å². The van der Waals surface area contributed by atoms with E-state index in [0.717, 1.165) is 11.6 Å². The quantitative estimate of drug-likeness (QED) is 0.556. The molecule has 1 aromatic heterocycles. The monoisotopic (exact) mass is 471 g/mol. The van der Waals surface area contributed by atoms with E-state index in [9.17, 15) is 14.0 Å². The zero-order valence-corrected chi connectivity index (χ0v) is 18.6. The highest BCUT2D eigenvalue weighted by atomic mass is 35.5. The smallest absolute Gasteiger partial charge is 0.258 e. The molecule has 0 fully saturated rings. The largest absolute Gasteiger partial charge is 0.495 e. The van der Waals surface area contributed by atoms with Gasteiger partial charge in [-0.05, 0) is 24.6 Å². The van der Waals surface area contributed by atoms with E-state index in [1.54, 1.807) is 24.1 Å². The Hall–Kier alpha value is -3.92. The van der Waals surface area contributed by atoms with Gasteiger partial charge in [0, 0.05) is 13.1 Å². The SMILES string of the molecule is COc1cc(C(N)=O)c(F)cc1Nc1ncc(Cl)c(Oc2cccc3c2C(=O)N(C)C3C)n1. The molecule has 1 unspecified atom stereocenters. The van der Waals surface area contributed by atoms with Crippen molar-refractivity contribution < 1.29 is 23.5 Å². The standard InChI is InChI=1S/C22H19ClFN5O4/c1-10-11-5-4-6-16(18(11)21(31)29(10)2)33-20-13(23)9-26-22(28-20)27-15-8-14(24)12(19(25)30)7-17(15)32-3/h4-10H,1-3H3,(H2,25,30)(H,26,27,28). The summed E-state index contributed by atoms with van der Waals surface area (Å²) in [6.07, 6.45) is 1.30. The van der Waals surface area contributed by atoms with E-state index in [1.807, 2.05) is 13.0 Å². The molecule has 1 aliphatic rings. The summed E-state index contributed by atoms with van der Waals surface area (Å²) < 4.78 is 25.4. The highest BCUT2D eigenvalue weighted by Crippen LogP contribution is 2.40. The number of amides is 2. The highest BCUT2D eigenvalue weighted by molar-refractivity contribution is 6.31. The number of nitrogens with zero attached hydrogens (tertiary/aromatic N) is 3. The second-order valence-electron chi connectivity index (χ2n) is 7.28. The molecule has 0 aliphatic carbocycles. The minimum absolute atomic E-state index is 0.00855. The number of carbonyl (C=O) groups is 2. The minimum atomic E-state index is -0.930. The van der Waals surface area contributed by atoms with Gasteiger partial charge < -0.3 is 25.4 Å². The molecule has 170 valence electrons. The first-order chi connectivity index (χ1) is 15.7. The average molecular weight is 472 g/mol. The van der Waals surface area contributed by atoms with E-state index in [-0.39, 0.29) is 45.8 Å². The van der Waals surface area contributed by atoms with Crippen LogP contribution >= 0.6 is 11.6 Å². The van der Waals surface area contributed by atoms with Crippen LogP contribution in [0.5, 0.6) is 17.4 Å². The summed E-state index contributed by atoms with van der Waals surface area (Å²) >= 11 is 6.22. The number of carbonyl (C=O) groups excluding carboxylic acids is 2. The van der Waals surface area contributed by atoms with Crippen LogP contribution in [-0.4, -0.2) is 40.8 Å². The Morgan fingerprint density at radius 1 is 1.30 bits per heavy atom. The topological polar surface area (TPSA) is 120 Å². The maximum atomic E-state index is 14.3. The van der Waals surface area contributed by atoms with Gasteiger partial charge in [-0.3, -0.25) is 9.59 Å². The van der Waals surface area contributed by atoms with Gasteiger partial charge in [0.15, 0.2) is 0 Å². The maximum absolute atomic E-state index is 14.3. The second kappa shape index (κ2) is 8.55. The van der Waals surface area contributed by atoms with Gasteiger partial charge in [-0.15, -0.1) is 0 Å². The van der Waals surface area contributed by atoms with E-state index < -0.39 is 11.7 Å². The number of hydrogen-bond donors (Lipinski definition) is 2. The molecule has 1 aliphatic heterocycles. The number of halogens is 2. The number of nitrogens with one attached hydrogen (secondary N) is 1. The number of ether oxygens (including phenoxy) is 2. The van der Waals surface area contributed by atoms with Crippen molar-refractivity contribution in [2.75, 3.05) is 19.5 Å². The fraction of sp³-hybridized carbons (Fsp3) is 0.182. The summed E-state index contributed by atoms with van der Waals surface area (Å²) in [6, 6.07) is 7.40. The molecule has 1 atom stereocenters. The van der Waals surface area contributed by atoms with Crippen LogP contribution in [0.15, 0.2) is 36.5 Å². The van der Waals surface area contributed by atoms with Gasteiger partial charge in [0.2, 0.25) is 11.8 Å². The molecule has 4 rings (SSSR count). The van der Waals surface area contributed by atoms with Crippen molar-refractivity contribution in [3.05, 3.63) is 64.1 Å². The predicted octanol–water partition coefficient (Wildman–Crippen LogP) is 4.06. The van der Waals surface area contributed by atoms with Crippen LogP contribution in [0.4, 0.5) is 16.0 Å². The van der Waals surface area contributed by atoms with Crippen LogP contribution in [0.1, 0.15) is 39.2 Å². The van der Waals surface area contributed by atoms with Gasteiger partial charge in [0.1, 0.15) is 22.3 Å². The van der Waals surface area contributed by atoms with Crippen molar-refractivity contribution in [2.24, 2.45) is 5.73 Å². The third-order valence-electron chi connectivity index (χ3n) is 5.34. The Morgan fingerprint density at radius 2 is 2.06 bits per heavy atom. The molecular formula is C22H19ClFN5O4. The molecule has 0 bridgehead atoms.